The van der Waals surface area contributed by atoms with Crippen LogP contribution in [0.1, 0.15) is 92.9 Å². The molecule has 0 amide bonds. The first-order valence-corrected chi connectivity index (χ1v) is 12.0. The summed E-state index contributed by atoms with van der Waals surface area (Å²) in [6.45, 7) is 22.1. The molecule has 1 aliphatic rings. The normalized spacial score (nSPS) is 14.0. The van der Waals surface area contributed by atoms with Crippen LogP contribution in [0.15, 0.2) is 37.0 Å². The standard InChI is InChI=1S/C20H34N2O2.C6H12O.CH2O/c1-5-21(6-2)20-18(4)22(16-19(20)24)15-13-11-9-7-8-10-12-14-17(3)23;1-5(7)6(2,3)4;1-2/h5-6,17,23H,1-2,7-16H2,3-4H3;1-4H3;1H2. The van der Waals surface area contributed by atoms with E-state index in [9.17, 15) is 14.7 Å². The van der Waals surface area contributed by atoms with Crippen molar-refractivity contribution in [2.75, 3.05) is 13.1 Å². The minimum atomic E-state index is -0.160. The van der Waals surface area contributed by atoms with Crippen molar-refractivity contribution in [1.82, 2.24) is 9.80 Å². The van der Waals surface area contributed by atoms with Gasteiger partial charge in [0.15, 0.2) is 0 Å². The number of ketones is 2. The van der Waals surface area contributed by atoms with Gasteiger partial charge < -0.3 is 19.7 Å². The van der Waals surface area contributed by atoms with Gasteiger partial charge in [-0.3, -0.25) is 9.59 Å². The molecule has 0 radical (unpaired) electrons. The van der Waals surface area contributed by atoms with E-state index >= 15 is 0 Å². The summed E-state index contributed by atoms with van der Waals surface area (Å²) in [6.07, 6.45) is 12.5. The van der Waals surface area contributed by atoms with Crippen LogP contribution < -0.4 is 0 Å². The molecule has 6 heteroatoms. The second-order valence-electron chi connectivity index (χ2n) is 9.47. The SMILES string of the molecule is C=CN(C=C)C1=C(C)N(CCCCCCCCCC(C)O)CC1=O.C=O.CC(=O)C(C)(C)C. The number of hydrogen-bond donors (Lipinski definition) is 1. The number of aliphatic hydroxyl groups excluding tert-OH is 1. The Morgan fingerprint density at radius 3 is 1.88 bits per heavy atom. The molecule has 1 atom stereocenters. The molecular weight excluding hydrogens is 416 g/mol. The molecule has 1 unspecified atom stereocenters. The van der Waals surface area contributed by atoms with Gasteiger partial charge >= 0.3 is 0 Å². The van der Waals surface area contributed by atoms with Crippen molar-refractivity contribution in [1.29, 1.82) is 0 Å². The van der Waals surface area contributed by atoms with E-state index < -0.39 is 0 Å². The number of aliphatic hydroxyl groups is 1. The Morgan fingerprint density at radius 2 is 1.48 bits per heavy atom. The highest BCUT2D eigenvalue weighted by molar-refractivity contribution is 5.99. The molecule has 0 aromatic carbocycles. The third kappa shape index (κ3) is 14.5. The van der Waals surface area contributed by atoms with Gasteiger partial charge in [0.25, 0.3) is 0 Å². The summed E-state index contributed by atoms with van der Waals surface area (Å²) in [5.74, 6) is 0.387. The highest BCUT2D eigenvalue weighted by atomic mass is 16.3. The van der Waals surface area contributed by atoms with E-state index in [1.165, 1.54) is 32.1 Å². The van der Waals surface area contributed by atoms with Crippen molar-refractivity contribution in [3.05, 3.63) is 37.0 Å². The monoisotopic (exact) mass is 464 g/mol. The Balaban J connectivity index is 0. The van der Waals surface area contributed by atoms with Crippen LogP contribution in [0.3, 0.4) is 0 Å². The molecule has 0 saturated heterocycles. The van der Waals surface area contributed by atoms with E-state index in [0.717, 1.165) is 31.5 Å². The average molecular weight is 465 g/mol. The minimum Gasteiger partial charge on any atom is -0.393 e. The first-order valence-electron chi connectivity index (χ1n) is 12.0. The maximum absolute atomic E-state index is 12.2. The highest BCUT2D eigenvalue weighted by Crippen LogP contribution is 2.24. The van der Waals surface area contributed by atoms with Gasteiger partial charge in [0.2, 0.25) is 5.78 Å². The molecule has 0 bridgehead atoms. The van der Waals surface area contributed by atoms with Crippen LogP contribution in [0.5, 0.6) is 0 Å². The zero-order chi connectivity index (χ0) is 26.0. The van der Waals surface area contributed by atoms with Crippen LogP contribution in [0.2, 0.25) is 0 Å². The smallest absolute Gasteiger partial charge is 0.200 e. The summed E-state index contributed by atoms with van der Waals surface area (Å²) in [4.78, 5) is 34.5. The van der Waals surface area contributed by atoms with E-state index in [1.54, 1.807) is 24.2 Å². The van der Waals surface area contributed by atoms with Gasteiger partial charge in [0.05, 0.1) is 12.6 Å². The summed E-state index contributed by atoms with van der Waals surface area (Å²) in [5, 5.41) is 9.21. The minimum absolute atomic E-state index is 0.139. The molecule has 0 aromatic heterocycles. The molecule has 190 valence electrons. The summed E-state index contributed by atoms with van der Waals surface area (Å²) in [6, 6.07) is 0. The number of carbonyl (C=O) groups is 3. The van der Waals surface area contributed by atoms with Crippen LogP contribution in [0, 0.1) is 5.41 Å². The Hall–Kier alpha value is -2.21. The summed E-state index contributed by atoms with van der Waals surface area (Å²) >= 11 is 0. The molecule has 0 fully saturated rings. The van der Waals surface area contributed by atoms with Gasteiger partial charge in [-0.25, -0.2) is 0 Å². The Bertz CT molecular complexity index is 625. The summed E-state index contributed by atoms with van der Waals surface area (Å²) in [5.41, 5.74) is 1.59. The number of unbranched alkanes of at least 4 members (excludes halogenated alkanes) is 6. The van der Waals surface area contributed by atoms with Gasteiger partial charge in [-0.05, 0) is 33.6 Å². The predicted molar refractivity (Wildman–Crippen MR) is 137 cm³/mol. The number of allylic oxidation sites excluding steroid dienone is 1. The number of Topliss-reactive ketones (excluding diaryl/α,β-unsaturated/α-hetero) is 2. The van der Waals surface area contributed by atoms with E-state index in [2.05, 4.69) is 18.1 Å². The van der Waals surface area contributed by atoms with Crippen molar-refractivity contribution >= 4 is 18.4 Å². The van der Waals surface area contributed by atoms with Crippen molar-refractivity contribution < 1.29 is 19.5 Å². The fourth-order valence-electron chi connectivity index (χ4n) is 3.18. The maximum Gasteiger partial charge on any atom is 0.200 e. The second-order valence-corrected chi connectivity index (χ2v) is 9.47. The van der Waals surface area contributed by atoms with Crippen LogP contribution >= 0.6 is 0 Å². The lowest BCUT2D eigenvalue weighted by Crippen LogP contribution is -2.22. The number of hydrogen-bond acceptors (Lipinski definition) is 6. The van der Waals surface area contributed by atoms with E-state index in [0.29, 0.717) is 12.2 Å². The topological polar surface area (TPSA) is 77.9 Å². The fourth-order valence-corrected chi connectivity index (χ4v) is 3.18. The maximum atomic E-state index is 12.2. The van der Waals surface area contributed by atoms with E-state index in [4.69, 9.17) is 4.79 Å². The lowest BCUT2D eigenvalue weighted by atomic mass is 9.92. The molecule has 0 aliphatic carbocycles. The third-order valence-electron chi connectivity index (χ3n) is 5.67. The molecule has 0 aromatic rings. The molecule has 6 nitrogen and oxygen atoms in total. The van der Waals surface area contributed by atoms with E-state index in [1.807, 2.05) is 41.4 Å². The average Bonchev–Trinajstić information content (AvgIpc) is 3.02. The Morgan fingerprint density at radius 1 is 1.06 bits per heavy atom. The zero-order valence-electron chi connectivity index (χ0n) is 22.0. The van der Waals surface area contributed by atoms with Crippen molar-refractivity contribution in [2.24, 2.45) is 5.41 Å². The quantitative estimate of drug-likeness (QED) is 0.356. The van der Waals surface area contributed by atoms with Gasteiger partial charge in [-0.15, -0.1) is 0 Å². The van der Waals surface area contributed by atoms with Crippen molar-refractivity contribution in [2.45, 2.75) is 99.0 Å². The zero-order valence-corrected chi connectivity index (χ0v) is 22.0. The van der Waals surface area contributed by atoms with Crippen LogP contribution in [0.25, 0.3) is 0 Å². The molecule has 1 N–H and O–H groups in total. The third-order valence-corrected chi connectivity index (χ3v) is 5.67. The van der Waals surface area contributed by atoms with Crippen molar-refractivity contribution in [3.8, 4) is 0 Å². The van der Waals surface area contributed by atoms with E-state index in [-0.39, 0.29) is 23.1 Å². The van der Waals surface area contributed by atoms with Crippen LogP contribution in [-0.4, -0.2) is 52.5 Å². The largest absolute Gasteiger partial charge is 0.393 e. The van der Waals surface area contributed by atoms with Gasteiger partial charge in [-0.1, -0.05) is 72.5 Å². The predicted octanol–water partition coefficient (Wildman–Crippen LogP) is 5.63. The van der Waals surface area contributed by atoms with Crippen molar-refractivity contribution in [3.63, 3.8) is 0 Å². The summed E-state index contributed by atoms with van der Waals surface area (Å²) in [7, 11) is 0. The molecular formula is C27H48N2O4. The molecule has 1 heterocycles. The lowest BCUT2D eigenvalue weighted by Gasteiger charge is -2.20. The lowest BCUT2D eigenvalue weighted by molar-refractivity contribution is -0.124. The van der Waals surface area contributed by atoms with Gasteiger partial charge in [0.1, 0.15) is 18.3 Å². The van der Waals surface area contributed by atoms with Crippen LogP contribution in [0.4, 0.5) is 0 Å². The molecule has 33 heavy (non-hydrogen) atoms. The van der Waals surface area contributed by atoms with Gasteiger partial charge in [-0.2, -0.15) is 0 Å². The first kappa shape index (κ1) is 33.0. The number of carbonyl (C=O) groups excluding carboxylic acids is 3. The first-order chi connectivity index (χ1) is 15.4. The molecule has 0 spiro atoms. The second kappa shape index (κ2) is 18.2. The highest BCUT2D eigenvalue weighted by Gasteiger charge is 2.28. The Labute approximate surface area is 202 Å². The number of rotatable bonds is 13. The Kier molecular flexibility index (Phi) is 18.2. The molecule has 1 rings (SSSR count). The fraction of sp³-hybridized carbons (Fsp3) is 0.667. The molecule has 0 saturated carbocycles. The molecule has 1 aliphatic heterocycles. The number of nitrogens with zero attached hydrogens (tertiary/aromatic N) is 2. The summed E-state index contributed by atoms with van der Waals surface area (Å²) < 4.78 is 0. The van der Waals surface area contributed by atoms with Crippen LogP contribution in [-0.2, 0) is 14.4 Å². The van der Waals surface area contributed by atoms with Gasteiger partial charge in [0, 0.05) is 30.1 Å².